The maximum atomic E-state index is 12.2. The second kappa shape index (κ2) is 7.72. The summed E-state index contributed by atoms with van der Waals surface area (Å²) in [7, 11) is 1.50. The molecule has 7 nitrogen and oxygen atoms in total. The van der Waals surface area contributed by atoms with E-state index in [1.54, 1.807) is 12.1 Å². The number of tetrazole rings is 1. The van der Waals surface area contributed by atoms with E-state index in [9.17, 15) is 18.0 Å². The molecule has 0 fully saturated rings. The zero-order valence-corrected chi connectivity index (χ0v) is 14.5. The normalized spacial score (nSPS) is 12.7. The zero-order chi connectivity index (χ0) is 18.6. The van der Waals surface area contributed by atoms with Crippen LogP contribution < -0.4 is 10.1 Å². The van der Waals surface area contributed by atoms with Gasteiger partial charge in [0.15, 0.2) is 0 Å². The van der Waals surface area contributed by atoms with E-state index in [1.165, 1.54) is 18.7 Å². The number of methoxy groups -OCH3 is 1. The summed E-state index contributed by atoms with van der Waals surface area (Å²) < 4.78 is 43.2. The Bertz CT molecular complexity index is 750. The van der Waals surface area contributed by atoms with Gasteiger partial charge in [-0.3, -0.25) is 4.79 Å². The van der Waals surface area contributed by atoms with Crippen LogP contribution in [0.2, 0.25) is 0 Å². The molecule has 0 aliphatic rings. The second-order valence-corrected chi connectivity index (χ2v) is 6.45. The molecule has 0 spiro atoms. The lowest BCUT2D eigenvalue weighted by molar-refractivity contribution is -0.137. The predicted molar refractivity (Wildman–Crippen MR) is 84.8 cm³/mol. The van der Waals surface area contributed by atoms with Gasteiger partial charge in [-0.1, -0.05) is 17.8 Å². The molecule has 0 aliphatic carbocycles. The Hall–Kier alpha value is -2.30. The summed E-state index contributed by atoms with van der Waals surface area (Å²) in [6.45, 7) is 1.98. The number of ether oxygens (including phenoxy) is 1. The van der Waals surface area contributed by atoms with Crippen molar-refractivity contribution in [3.8, 4) is 11.4 Å². The van der Waals surface area contributed by atoms with E-state index in [-0.39, 0.29) is 5.16 Å². The van der Waals surface area contributed by atoms with Crippen LogP contribution in [0.3, 0.4) is 0 Å². The Kier molecular flexibility index (Phi) is 5.88. The Morgan fingerprint density at radius 1 is 1.44 bits per heavy atom. The second-order valence-electron chi connectivity index (χ2n) is 5.14. The van der Waals surface area contributed by atoms with Crippen LogP contribution >= 0.6 is 11.8 Å². The number of aromatic nitrogens is 4. The van der Waals surface area contributed by atoms with Crippen molar-refractivity contribution in [1.82, 2.24) is 25.5 Å². The lowest BCUT2D eigenvalue weighted by atomic mass is 10.2. The number of nitrogens with one attached hydrogen (secondary N) is 1. The third kappa shape index (κ3) is 5.08. The number of hydrogen-bond donors (Lipinski definition) is 1. The van der Waals surface area contributed by atoms with Crippen LogP contribution in [0.15, 0.2) is 23.4 Å². The number of amides is 1. The molecular formula is C14H16F3N5O2S. The fourth-order valence-electron chi connectivity index (χ4n) is 1.91. The van der Waals surface area contributed by atoms with Crippen molar-refractivity contribution in [3.05, 3.63) is 23.8 Å². The first kappa shape index (κ1) is 19.0. The van der Waals surface area contributed by atoms with Gasteiger partial charge in [-0.15, -0.1) is 5.10 Å². The number of hydrogen-bond acceptors (Lipinski definition) is 6. The summed E-state index contributed by atoms with van der Waals surface area (Å²) >= 11 is 0.947. The van der Waals surface area contributed by atoms with E-state index in [1.807, 2.05) is 18.3 Å². The topological polar surface area (TPSA) is 81.9 Å². The molecule has 25 heavy (non-hydrogen) atoms. The van der Waals surface area contributed by atoms with Crippen LogP contribution in [0.1, 0.15) is 12.5 Å². The summed E-state index contributed by atoms with van der Waals surface area (Å²) in [6.07, 6.45) is -4.46. The fourth-order valence-corrected chi connectivity index (χ4v) is 2.74. The molecule has 0 saturated carbocycles. The lowest BCUT2D eigenvalue weighted by Gasteiger charge is -2.14. The molecule has 2 aromatic rings. The average molecular weight is 375 g/mol. The Labute approximate surface area is 145 Å². The number of carbonyl (C=O) groups is 1. The lowest BCUT2D eigenvalue weighted by Crippen LogP contribution is -2.38. The van der Waals surface area contributed by atoms with Crippen LogP contribution in [0.5, 0.6) is 5.75 Å². The molecule has 1 aromatic carbocycles. The third-order valence-electron chi connectivity index (χ3n) is 3.12. The molecule has 0 aliphatic heterocycles. The molecule has 11 heteroatoms. The molecule has 1 N–H and O–H groups in total. The van der Waals surface area contributed by atoms with Crippen LogP contribution in [0, 0.1) is 6.92 Å². The SMILES string of the molecule is COc1ccc(C)cc1-n1nnnc1SC(C)C(=O)NCC(F)(F)F. The predicted octanol–water partition coefficient (Wildman–Crippen LogP) is 2.14. The molecule has 0 bridgehead atoms. The first-order valence-electron chi connectivity index (χ1n) is 7.16. The molecule has 2 rings (SSSR count). The van der Waals surface area contributed by atoms with Gasteiger partial charge in [0.2, 0.25) is 11.1 Å². The minimum atomic E-state index is -4.46. The van der Waals surface area contributed by atoms with Gasteiger partial charge >= 0.3 is 6.18 Å². The van der Waals surface area contributed by atoms with Crippen molar-refractivity contribution in [3.63, 3.8) is 0 Å². The first-order valence-corrected chi connectivity index (χ1v) is 8.03. The minimum absolute atomic E-state index is 0.263. The molecular weight excluding hydrogens is 359 g/mol. The van der Waals surface area contributed by atoms with E-state index < -0.39 is 23.9 Å². The van der Waals surface area contributed by atoms with Crippen LogP contribution in [-0.2, 0) is 4.79 Å². The van der Waals surface area contributed by atoms with Crippen molar-refractivity contribution in [2.24, 2.45) is 0 Å². The number of halogens is 3. The first-order chi connectivity index (χ1) is 11.7. The smallest absolute Gasteiger partial charge is 0.405 e. The van der Waals surface area contributed by atoms with E-state index in [4.69, 9.17) is 4.74 Å². The highest BCUT2D eigenvalue weighted by Gasteiger charge is 2.29. The Balaban J connectivity index is 2.17. The van der Waals surface area contributed by atoms with Gasteiger partial charge in [-0.2, -0.15) is 17.9 Å². The summed E-state index contributed by atoms with van der Waals surface area (Å²) in [5.41, 5.74) is 1.51. The van der Waals surface area contributed by atoms with Crippen molar-refractivity contribution in [2.45, 2.75) is 30.4 Å². The van der Waals surface area contributed by atoms with Gasteiger partial charge in [0, 0.05) is 0 Å². The number of carbonyl (C=O) groups excluding carboxylic acids is 1. The number of alkyl halides is 3. The van der Waals surface area contributed by atoms with Gasteiger partial charge in [-0.05, 0) is 42.0 Å². The highest BCUT2D eigenvalue weighted by atomic mass is 32.2. The van der Waals surface area contributed by atoms with Crippen LogP contribution in [0.25, 0.3) is 5.69 Å². The monoisotopic (exact) mass is 375 g/mol. The van der Waals surface area contributed by atoms with Crippen molar-refractivity contribution in [2.75, 3.05) is 13.7 Å². The molecule has 1 heterocycles. The molecule has 1 unspecified atom stereocenters. The number of thioether (sulfide) groups is 1. The highest BCUT2D eigenvalue weighted by molar-refractivity contribution is 8.00. The molecule has 136 valence electrons. The highest BCUT2D eigenvalue weighted by Crippen LogP contribution is 2.28. The summed E-state index contributed by atoms with van der Waals surface area (Å²) in [6, 6.07) is 5.40. The number of aryl methyl sites for hydroxylation is 1. The van der Waals surface area contributed by atoms with Crippen LogP contribution in [0.4, 0.5) is 13.2 Å². The zero-order valence-electron chi connectivity index (χ0n) is 13.7. The van der Waals surface area contributed by atoms with Gasteiger partial charge in [-0.25, -0.2) is 0 Å². The van der Waals surface area contributed by atoms with Crippen molar-refractivity contribution < 1.29 is 22.7 Å². The fraction of sp³-hybridized carbons (Fsp3) is 0.429. The standard InChI is InChI=1S/C14H16F3N5O2S/c1-8-4-5-11(24-3)10(6-8)22-13(19-20-21-22)25-9(2)12(23)18-7-14(15,16)17/h4-6,9H,7H2,1-3H3,(H,18,23). The molecule has 1 amide bonds. The van der Waals surface area contributed by atoms with Crippen molar-refractivity contribution >= 4 is 17.7 Å². The summed E-state index contributed by atoms with van der Waals surface area (Å²) in [4.78, 5) is 11.8. The Morgan fingerprint density at radius 3 is 2.80 bits per heavy atom. The Morgan fingerprint density at radius 2 is 2.16 bits per heavy atom. The van der Waals surface area contributed by atoms with E-state index in [2.05, 4.69) is 15.5 Å². The van der Waals surface area contributed by atoms with Crippen molar-refractivity contribution in [1.29, 1.82) is 0 Å². The molecule has 0 saturated heterocycles. The number of rotatable bonds is 6. The van der Waals surface area contributed by atoms with Gasteiger partial charge in [0.25, 0.3) is 0 Å². The quantitative estimate of drug-likeness (QED) is 0.779. The van der Waals surface area contributed by atoms with Crippen LogP contribution in [-0.4, -0.2) is 51.2 Å². The van der Waals surface area contributed by atoms with E-state index in [0.717, 1.165) is 17.3 Å². The maximum absolute atomic E-state index is 12.2. The minimum Gasteiger partial charge on any atom is -0.494 e. The summed E-state index contributed by atoms with van der Waals surface area (Å²) in [5, 5.41) is 12.6. The van der Waals surface area contributed by atoms with Gasteiger partial charge in [0.05, 0.1) is 12.4 Å². The largest absolute Gasteiger partial charge is 0.494 e. The maximum Gasteiger partial charge on any atom is 0.405 e. The van der Waals surface area contributed by atoms with Gasteiger partial charge in [0.1, 0.15) is 18.0 Å². The summed E-state index contributed by atoms with van der Waals surface area (Å²) in [5.74, 6) is -0.234. The average Bonchev–Trinajstić information content (AvgIpc) is 2.99. The van der Waals surface area contributed by atoms with E-state index >= 15 is 0 Å². The van der Waals surface area contributed by atoms with E-state index in [0.29, 0.717) is 11.4 Å². The third-order valence-corrected chi connectivity index (χ3v) is 4.15. The number of nitrogens with zero attached hydrogens (tertiary/aromatic N) is 4. The molecule has 0 radical (unpaired) electrons. The number of benzene rings is 1. The van der Waals surface area contributed by atoms with Gasteiger partial charge < -0.3 is 10.1 Å². The molecule has 1 aromatic heterocycles. The molecule has 1 atom stereocenters.